The van der Waals surface area contributed by atoms with Crippen molar-refractivity contribution in [3.05, 3.63) is 24.3 Å². The van der Waals surface area contributed by atoms with Crippen LogP contribution in [0.15, 0.2) is 29.3 Å². The van der Waals surface area contributed by atoms with E-state index in [1.807, 2.05) is 18.7 Å². The van der Waals surface area contributed by atoms with E-state index in [0.29, 0.717) is 10.9 Å². The van der Waals surface area contributed by atoms with Crippen LogP contribution in [0.5, 0.6) is 5.75 Å². The molecule has 1 aliphatic heterocycles. The lowest BCUT2D eigenvalue weighted by atomic mass is 10.2. The van der Waals surface area contributed by atoms with Crippen molar-refractivity contribution in [1.82, 2.24) is 4.90 Å². The zero-order chi connectivity index (χ0) is 16.8. The monoisotopic (exact) mass is 335 g/mol. The van der Waals surface area contributed by atoms with Gasteiger partial charge in [-0.1, -0.05) is 11.8 Å². The number of hydrogen-bond donors (Lipinski definition) is 1. The summed E-state index contributed by atoms with van der Waals surface area (Å²) in [6, 6.07) is 7.07. The molecule has 0 bridgehead atoms. The van der Waals surface area contributed by atoms with Crippen molar-refractivity contribution >= 4 is 34.4 Å². The number of methoxy groups -OCH3 is 1. The first kappa shape index (κ1) is 17.3. The second kappa shape index (κ2) is 8.01. The average molecular weight is 335 g/mol. The van der Waals surface area contributed by atoms with Crippen molar-refractivity contribution in [2.45, 2.75) is 25.5 Å². The number of thioether (sulfide) groups is 1. The van der Waals surface area contributed by atoms with Crippen LogP contribution in [0.4, 0.5) is 5.69 Å². The van der Waals surface area contributed by atoms with Crippen LogP contribution in [0.3, 0.4) is 0 Å². The number of amides is 2. The van der Waals surface area contributed by atoms with E-state index in [1.54, 1.807) is 31.4 Å². The number of nitrogens with zero attached hydrogens (tertiary/aromatic N) is 2. The Labute approximate surface area is 140 Å². The van der Waals surface area contributed by atoms with Gasteiger partial charge in [-0.05, 0) is 38.1 Å². The molecule has 2 amide bonds. The molecule has 0 aliphatic carbocycles. The molecule has 1 unspecified atom stereocenters. The van der Waals surface area contributed by atoms with Crippen molar-refractivity contribution in [3.8, 4) is 5.75 Å². The number of carbonyl (C=O) groups excluding carboxylic acids is 2. The Kier molecular flexibility index (Phi) is 6.04. The van der Waals surface area contributed by atoms with Crippen molar-refractivity contribution in [2.24, 2.45) is 4.99 Å². The van der Waals surface area contributed by atoms with E-state index < -0.39 is 5.25 Å². The number of hydrogen-bond acceptors (Lipinski definition) is 5. The topological polar surface area (TPSA) is 71.0 Å². The van der Waals surface area contributed by atoms with Crippen LogP contribution in [0.2, 0.25) is 0 Å². The number of nitrogens with one attached hydrogen (secondary N) is 1. The van der Waals surface area contributed by atoms with E-state index in [2.05, 4.69) is 10.3 Å². The van der Waals surface area contributed by atoms with Crippen LogP contribution in [-0.4, -0.2) is 47.3 Å². The zero-order valence-corrected chi connectivity index (χ0v) is 14.4. The van der Waals surface area contributed by atoms with Gasteiger partial charge in [0.15, 0.2) is 5.17 Å². The molecule has 0 aromatic heterocycles. The third-order valence-electron chi connectivity index (χ3n) is 3.51. The van der Waals surface area contributed by atoms with Gasteiger partial charge in [-0.2, -0.15) is 4.99 Å². The largest absolute Gasteiger partial charge is 0.497 e. The summed E-state index contributed by atoms with van der Waals surface area (Å²) < 4.78 is 5.07. The molecule has 1 aromatic rings. The number of aliphatic imine (C=N–C) groups is 1. The Hall–Kier alpha value is -2.02. The minimum atomic E-state index is -0.441. The minimum absolute atomic E-state index is 0.115. The molecule has 0 saturated heterocycles. The van der Waals surface area contributed by atoms with Gasteiger partial charge in [-0.15, -0.1) is 0 Å². The van der Waals surface area contributed by atoms with Crippen LogP contribution >= 0.6 is 11.8 Å². The molecule has 0 spiro atoms. The summed E-state index contributed by atoms with van der Waals surface area (Å²) in [5.41, 5.74) is 0.677. The highest BCUT2D eigenvalue weighted by Gasteiger charge is 2.32. The molecule has 0 fully saturated rings. The molecule has 1 heterocycles. The van der Waals surface area contributed by atoms with Crippen molar-refractivity contribution < 1.29 is 14.3 Å². The van der Waals surface area contributed by atoms with E-state index in [-0.39, 0.29) is 18.2 Å². The molecule has 7 heteroatoms. The van der Waals surface area contributed by atoms with Crippen LogP contribution < -0.4 is 10.1 Å². The highest BCUT2D eigenvalue weighted by atomic mass is 32.2. The molecule has 6 nitrogen and oxygen atoms in total. The summed E-state index contributed by atoms with van der Waals surface area (Å²) in [4.78, 5) is 30.2. The highest BCUT2D eigenvalue weighted by Crippen LogP contribution is 2.27. The molecule has 2 rings (SSSR count). The van der Waals surface area contributed by atoms with Gasteiger partial charge in [-0.3, -0.25) is 9.59 Å². The second-order valence-corrected chi connectivity index (χ2v) is 6.16. The summed E-state index contributed by atoms with van der Waals surface area (Å²) in [6.45, 7) is 5.61. The normalized spacial score (nSPS) is 16.9. The van der Waals surface area contributed by atoms with E-state index in [4.69, 9.17) is 4.74 Å². The lowest BCUT2D eigenvalue weighted by Gasteiger charge is -2.19. The summed E-state index contributed by atoms with van der Waals surface area (Å²) in [5.74, 6) is 0.292. The van der Waals surface area contributed by atoms with Crippen LogP contribution in [0.25, 0.3) is 0 Å². The number of anilines is 1. The maximum Gasteiger partial charge on any atom is 0.262 e. The molecule has 124 valence electrons. The van der Waals surface area contributed by atoms with Gasteiger partial charge < -0.3 is 15.0 Å². The Morgan fingerprint density at radius 2 is 1.96 bits per heavy atom. The first-order valence-electron chi connectivity index (χ1n) is 7.55. The van der Waals surface area contributed by atoms with E-state index in [0.717, 1.165) is 18.8 Å². The molecule has 1 aliphatic rings. The molecule has 0 radical (unpaired) electrons. The Bertz CT molecular complexity index is 597. The van der Waals surface area contributed by atoms with Crippen LogP contribution in [0.1, 0.15) is 20.3 Å². The summed E-state index contributed by atoms with van der Waals surface area (Å²) in [7, 11) is 1.59. The fourth-order valence-electron chi connectivity index (χ4n) is 2.19. The van der Waals surface area contributed by atoms with Gasteiger partial charge >= 0.3 is 0 Å². The molecular formula is C16H21N3O3S. The third kappa shape index (κ3) is 4.48. The standard InChI is InChI=1S/C16H21N3O3S/c1-4-19(5-2)16-18-15(21)13(23-16)10-14(20)17-11-6-8-12(22-3)9-7-11/h6-9,13H,4-5,10H2,1-3H3,(H,17,20). The summed E-state index contributed by atoms with van der Waals surface area (Å²) in [5, 5.41) is 3.06. The predicted octanol–water partition coefficient (Wildman–Crippen LogP) is 2.36. The fraction of sp³-hybridized carbons (Fsp3) is 0.438. The Morgan fingerprint density at radius 1 is 1.30 bits per heavy atom. The molecular weight excluding hydrogens is 314 g/mol. The quantitative estimate of drug-likeness (QED) is 0.864. The lowest BCUT2D eigenvalue weighted by molar-refractivity contribution is -0.121. The van der Waals surface area contributed by atoms with E-state index >= 15 is 0 Å². The minimum Gasteiger partial charge on any atom is -0.497 e. The number of amidine groups is 1. The van der Waals surface area contributed by atoms with E-state index in [1.165, 1.54) is 11.8 Å². The smallest absolute Gasteiger partial charge is 0.262 e. The first-order chi connectivity index (χ1) is 11.1. The highest BCUT2D eigenvalue weighted by molar-refractivity contribution is 8.15. The van der Waals surface area contributed by atoms with E-state index in [9.17, 15) is 9.59 Å². The third-order valence-corrected chi connectivity index (χ3v) is 4.72. The summed E-state index contributed by atoms with van der Waals surface area (Å²) >= 11 is 1.37. The Balaban J connectivity index is 1.89. The van der Waals surface area contributed by atoms with Gasteiger partial charge in [0.05, 0.1) is 7.11 Å². The summed E-state index contributed by atoms with van der Waals surface area (Å²) in [6.07, 6.45) is 0.115. The fourth-order valence-corrected chi connectivity index (χ4v) is 3.39. The van der Waals surface area contributed by atoms with Crippen LogP contribution in [-0.2, 0) is 9.59 Å². The van der Waals surface area contributed by atoms with Crippen molar-refractivity contribution in [3.63, 3.8) is 0 Å². The zero-order valence-electron chi connectivity index (χ0n) is 13.5. The van der Waals surface area contributed by atoms with Gasteiger partial charge in [0.1, 0.15) is 11.0 Å². The van der Waals surface area contributed by atoms with Crippen LogP contribution in [0, 0.1) is 0 Å². The van der Waals surface area contributed by atoms with Crippen molar-refractivity contribution in [2.75, 3.05) is 25.5 Å². The lowest BCUT2D eigenvalue weighted by Crippen LogP contribution is -2.27. The SMILES string of the molecule is CCN(CC)C1=NC(=O)C(CC(=O)Nc2ccc(OC)cc2)S1. The number of carbonyl (C=O) groups is 2. The number of benzene rings is 1. The molecule has 1 N–H and O–H groups in total. The number of ether oxygens (including phenoxy) is 1. The molecule has 1 aromatic carbocycles. The van der Waals surface area contributed by atoms with Gasteiger partial charge in [0.2, 0.25) is 5.91 Å². The van der Waals surface area contributed by atoms with Gasteiger partial charge in [0.25, 0.3) is 5.91 Å². The van der Waals surface area contributed by atoms with Crippen molar-refractivity contribution in [1.29, 1.82) is 0 Å². The van der Waals surface area contributed by atoms with Gasteiger partial charge in [-0.25, -0.2) is 0 Å². The molecule has 1 atom stereocenters. The van der Waals surface area contributed by atoms with Gasteiger partial charge in [0, 0.05) is 25.2 Å². The molecule has 23 heavy (non-hydrogen) atoms. The molecule has 0 saturated carbocycles. The maximum atomic E-state index is 12.1. The first-order valence-corrected chi connectivity index (χ1v) is 8.43. The Morgan fingerprint density at radius 3 is 2.52 bits per heavy atom. The predicted molar refractivity (Wildman–Crippen MR) is 93.0 cm³/mol. The second-order valence-electron chi connectivity index (χ2n) is 4.99. The maximum absolute atomic E-state index is 12.1. The average Bonchev–Trinajstić information content (AvgIpc) is 2.90. The number of rotatable bonds is 6.